The van der Waals surface area contributed by atoms with Gasteiger partial charge in [-0.2, -0.15) is 0 Å². The number of nitrogens with one attached hydrogen (secondary N) is 2. The summed E-state index contributed by atoms with van der Waals surface area (Å²) in [5, 5.41) is 6.91. The van der Waals surface area contributed by atoms with Gasteiger partial charge in [-0.05, 0) is 26.1 Å². The maximum atomic E-state index is 3.48. The standard InChI is InChI=1S/C14H23N3/c1-15-14(12-6-4-3-5-7-12)10-13-11-16-8-9-17(13)2/h3-7,13-16H,8-11H2,1-2H3. The van der Waals surface area contributed by atoms with E-state index in [1.165, 1.54) is 5.56 Å². The van der Waals surface area contributed by atoms with Crippen LogP contribution in [0.2, 0.25) is 0 Å². The lowest BCUT2D eigenvalue weighted by Crippen LogP contribution is -2.50. The third-order valence-corrected chi connectivity index (χ3v) is 3.70. The van der Waals surface area contributed by atoms with Crippen molar-refractivity contribution in [3.8, 4) is 0 Å². The van der Waals surface area contributed by atoms with Crippen LogP contribution in [0.25, 0.3) is 0 Å². The Kier molecular flexibility index (Phi) is 4.54. The summed E-state index contributed by atoms with van der Waals surface area (Å²) in [6.45, 7) is 3.36. The summed E-state index contributed by atoms with van der Waals surface area (Å²) in [6, 6.07) is 11.8. The fraction of sp³-hybridized carbons (Fsp3) is 0.571. The minimum atomic E-state index is 0.448. The number of rotatable bonds is 4. The molecule has 0 aromatic heterocycles. The third-order valence-electron chi connectivity index (χ3n) is 3.70. The van der Waals surface area contributed by atoms with Crippen LogP contribution in [-0.4, -0.2) is 44.7 Å². The molecule has 3 nitrogen and oxygen atoms in total. The molecule has 2 N–H and O–H groups in total. The third kappa shape index (κ3) is 3.28. The number of hydrogen-bond donors (Lipinski definition) is 2. The summed E-state index contributed by atoms with van der Waals surface area (Å²) < 4.78 is 0. The van der Waals surface area contributed by atoms with Gasteiger partial charge in [-0.1, -0.05) is 30.3 Å². The fourth-order valence-electron chi connectivity index (χ4n) is 2.50. The molecule has 0 bridgehead atoms. The normalized spacial score (nSPS) is 23.5. The van der Waals surface area contributed by atoms with Gasteiger partial charge in [0.1, 0.15) is 0 Å². The maximum Gasteiger partial charge on any atom is 0.0332 e. The molecule has 1 aliphatic rings. The van der Waals surface area contributed by atoms with Gasteiger partial charge in [-0.3, -0.25) is 0 Å². The van der Waals surface area contributed by atoms with Gasteiger partial charge in [0.2, 0.25) is 0 Å². The summed E-state index contributed by atoms with van der Waals surface area (Å²) in [7, 11) is 4.27. The summed E-state index contributed by atoms with van der Waals surface area (Å²) in [5.74, 6) is 0. The minimum absolute atomic E-state index is 0.448. The Morgan fingerprint density at radius 1 is 1.41 bits per heavy atom. The monoisotopic (exact) mass is 233 g/mol. The van der Waals surface area contributed by atoms with Crippen molar-refractivity contribution in [3.63, 3.8) is 0 Å². The molecule has 94 valence electrons. The van der Waals surface area contributed by atoms with Crippen LogP contribution in [0.5, 0.6) is 0 Å². The molecule has 2 atom stereocenters. The summed E-state index contributed by atoms with van der Waals surface area (Å²) >= 11 is 0. The quantitative estimate of drug-likeness (QED) is 0.819. The zero-order valence-electron chi connectivity index (χ0n) is 10.8. The molecule has 2 unspecified atom stereocenters. The van der Waals surface area contributed by atoms with Crippen LogP contribution in [0.15, 0.2) is 30.3 Å². The lowest BCUT2D eigenvalue weighted by Gasteiger charge is -2.35. The lowest BCUT2D eigenvalue weighted by molar-refractivity contribution is 0.178. The number of piperazine rings is 1. The van der Waals surface area contributed by atoms with Gasteiger partial charge >= 0.3 is 0 Å². The predicted molar refractivity (Wildman–Crippen MR) is 72.1 cm³/mol. The van der Waals surface area contributed by atoms with Crippen LogP contribution in [-0.2, 0) is 0 Å². The maximum absolute atomic E-state index is 3.48. The second-order valence-corrected chi connectivity index (χ2v) is 4.83. The first-order valence-electron chi connectivity index (χ1n) is 6.44. The van der Waals surface area contributed by atoms with Crippen LogP contribution < -0.4 is 10.6 Å². The molecule has 2 rings (SSSR count). The molecule has 0 spiro atoms. The molecule has 0 aliphatic carbocycles. The topological polar surface area (TPSA) is 27.3 Å². The Balaban J connectivity index is 1.99. The number of benzene rings is 1. The van der Waals surface area contributed by atoms with Gasteiger partial charge < -0.3 is 15.5 Å². The second kappa shape index (κ2) is 6.15. The smallest absolute Gasteiger partial charge is 0.0332 e. The molecule has 1 aliphatic heterocycles. The highest BCUT2D eigenvalue weighted by Crippen LogP contribution is 2.20. The molecule has 0 amide bonds. The van der Waals surface area contributed by atoms with E-state index in [1.807, 2.05) is 7.05 Å². The van der Waals surface area contributed by atoms with E-state index in [4.69, 9.17) is 0 Å². The van der Waals surface area contributed by atoms with Crippen molar-refractivity contribution in [2.75, 3.05) is 33.7 Å². The molecule has 1 aromatic carbocycles. The van der Waals surface area contributed by atoms with Crippen LogP contribution in [0.3, 0.4) is 0 Å². The van der Waals surface area contributed by atoms with Crippen molar-refractivity contribution in [1.29, 1.82) is 0 Å². The van der Waals surface area contributed by atoms with Crippen LogP contribution in [0, 0.1) is 0 Å². The zero-order valence-corrected chi connectivity index (χ0v) is 10.8. The van der Waals surface area contributed by atoms with Crippen LogP contribution in [0.1, 0.15) is 18.0 Å². The number of nitrogens with zero attached hydrogens (tertiary/aromatic N) is 1. The fourth-order valence-corrected chi connectivity index (χ4v) is 2.50. The van der Waals surface area contributed by atoms with Crippen molar-refractivity contribution in [2.24, 2.45) is 0 Å². The Labute approximate surface area is 104 Å². The van der Waals surface area contributed by atoms with Crippen molar-refractivity contribution < 1.29 is 0 Å². The summed E-state index contributed by atoms with van der Waals surface area (Å²) in [4.78, 5) is 2.46. The van der Waals surface area contributed by atoms with E-state index in [1.54, 1.807) is 0 Å². The highest BCUT2D eigenvalue weighted by molar-refractivity contribution is 5.19. The SMILES string of the molecule is CNC(CC1CNCCN1C)c1ccccc1. The van der Waals surface area contributed by atoms with E-state index in [2.05, 4.69) is 52.9 Å². The van der Waals surface area contributed by atoms with Gasteiger partial charge in [0.05, 0.1) is 0 Å². The van der Waals surface area contributed by atoms with Crippen molar-refractivity contribution in [3.05, 3.63) is 35.9 Å². The van der Waals surface area contributed by atoms with E-state index >= 15 is 0 Å². The average Bonchev–Trinajstić information content (AvgIpc) is 2.39. The van der Waals surface area contributed by atoms with Crippen LogP contribution >= 0.6 is 0 Å². The molecular weight excluding hydrogens is 210 g/mol. The van der Waals surface area contributed by atoms with Gasteiger partial charge in [0.15, 0.2) is 0 Å². The van der Waals surface area contributed by atoms with E-state index in [9.17, 15) is 0 Å². The molecule has 1 fully saturated rings. The van der Waals surface area contributed by atoms with Crippen LogP contribution in [0.4, 0.5) is 0 Å². The first kappa shape index (κ1) is 12.6. The Morgan fingerprint density at radius 2 is 2.18 bits per heavy atom. The van der Waals surface area contributed by atoms with E-state index in [-0.39, 0.29) is 0 Å². The highest BCUT2D eigenvalue weighted by atomic mass is 15.2. The van der Waals surface area contributed by atoms with E-state index in [0.29, 0.717) is 12.1 Å². The molecule has 1 heterocycles. The molecule has 17 heavy (non-hydrogen) atoms. The average molecular weight is 233 g/mol. The lowest BCUT2D eigenvalue weighted by atomic mass is 9.98. The zero-order chi connectivity index (χ0) is 12.1. The highest BCUT2D eigenvalue weighted by Gasteiger charge is 2.22. The van der Waals surface area contributed by atoms with Gasteiger partial charge in [-0.15, -0.1) is 0 Å². The summed E-state index contributed by atoms with van der Waals surface area (Å²) in [5.41, 5.74) is 1.38. The second-order valence-electron chi connectivity index (χ2n) is 4.83. The van der Waals surface area contributed by atoms with E-state index < -0.39 is 0 Å². The molecule has 0 saturated carbocycles. The first-order chi connectivity index (χ1) is 8.31. The Bertz CT molecular complexity index is 325. The molecule has 1 aromatic rings. The van der Waals surface area contributed by atoms with Crippen molar-refractivity contribution in [1.82, 2.24) is 15.5 Å². The number of hydrogen-bond acceptors (Lipinski definition) is 3. The van der Waals surface area contributed by atoms with Gasteiger partial charge in [0.25, 0.3) is 0 Å². The van der Waals surface area contributed by atoms with Crippen molar-refractivity contribution >= 4 is 0 Å². The van der Waals surface area contributed by atoms with E-state index in [0.717, 1.165) is 26.1 Å². The largest absolute Gasteiger partial charge is 0.314 e. The molecule has 0 radical (unpaired) electrons. The Morgan fingerprint density at radius 3 is 2.82 bits per heavy atom. The van der Waals surface area contributed by atoms with Gasteiger partial charge in [0, 0.05) is 31.7 Å². The van der Waals surface area contributed by atoms with Crippen molar-refractivity contribution in [2.45, 2.75) is 18.5 Å². The van der Waals surface area contributed by atoms with Gasteiger partial charge in [-0.25, -0.2) is 0 Å². The molecule has 1 saturated heterocycles. The molecular formula is C14H23N3. The summed E-state index contributed by atoms with van der Waals surface area (Å²) in [6.07, 6.45) is 1.16. The molecule has 3 heteroatoms. The predicted octanol–water partition coefficient (Wildman–Crippen LogP) is 1.24. The Hall–Kier alpha value is -0.900. The first-order valence-corrected chi connectivity index (χ1v) is 6.44. The minimum Gasteiger partial charge on any atom is -0.314 e. The number of likely N-dealkylation sites (N-methyl/N-ethyl adjacent to an activating group) is 1.